The molecule has 0 amide bonds. The summed E-state index contributed by atoms with van der Waals surface area (Å²) >= 11 is 5.95. The third kappa shape index (κ3) is 4.17. The smallest absolute Gasteiger partial charge is 0.280 e. The molecule has 1 aromatic carbocycles. The van der Waals surface area contributed by atoms with Crippen molar-refractivity contribution >= 4 is 21.8 Å². The van der Waals surface area contributed by atoms with Crippen LogP contribution in [0.5, 0.6) is 0 Å². The number of rotatable bonds is 5. The van der Waals surface area contributed by atoms with Crippen LogP contribution in [0.15, 0.2) is 24.3 Å². The zero-order valence-electron chi connectivity index (χ0n) is 12.1. The molecule has 118 valence electrons. The van der Waals surface area contributed by atoms with E-state index < -0.39 is 10.2 Å². The van der Waals surface area contributed by atoms with E-state index in [0.717, 1.165) is 24.8 Å². The van der Waals surface area contributed by atoms with Crippen LogP contribution in [0.3, 0.4) is 0 Å². The molecule has 0 saturated carbocycles. The topological polar surface area (TPSA) is 75.4 Å². The molecule has 21 heavy (non-hydrogen) atoms. The highest BCUT2D eigenvalue weighted by Crippen LogP contribution is 2.22. The Hall–Kier alpha value is -0.660. The van der Waals surface area contributed by atoms with Gasteiger partial charge in [-0.1, -0.05) is 30.2 Å². The number of halogens is 1. The molecule has 0 aliphatic carbocycles. The molecule has 2 rings (SSSR count). The number of nitrogens with one attached hydrogen (secondary N) is 1. The summed E-state index contributed by atoms with van der Waals surface area (Å²) in [5.74, 6) is 0. The highest BCUT2D eigenvalue weighted by Gasteiger charge is 2.32. The SMILES string of the molecule is CC(NS(=O)(=O)N1CCCCC1CN)c1cccc(Cl)c1. The number of nitrogens with zero attached hydrogens (tertiary/aromatic N) is 1. The van der Waals surface area contributed by atoms with Crippen LogP contribution in [0.1, 0.15) is 37.8 Å². The maximum atomic E-state index is 12.5. The summed E-state index contributed by atoms with van der Waals surface area (Å²) in [6.45, 7) is 2.69. The quantitative estimate of drug-likeness (QED) is 0.867. The van der Waals surface area contributed by atoms with Crippen molar-refractivity contribution in [2.75, 3.05) is 13.1 Å². The summed E-state index contributed by atoms with van der Waals surface area (Å²) in [7, 11) is -3.54. The largest absolute Gasteiger partial charge is 0.329 e. The van der Waals surface area contributed by atoms with E-state index in [-0.39, 0.29) is 12.1 Å². The Balaban J connectivity index is 2.12. The normalized spacial score (nSPS) is 22.1. The van der Waals surface area contributed by atoms with Gasteiger partial charge in [-0.25, -0.2) is 0 Å². The predicted octanol–water partition coefficient (Wildman–Crippen LogP) is 2.05. The fourth-order valence-corrected chi connectivity index (χ4v) is 4.53. The van der Waals surface area contributed by atoms with Gasteiger partial charge in [0.2, 0.25) is 0 Å². The number of nitrogens with two attached hydrogens (primary N) is 1. The van der Waals surface area contributed by atoms with Gasteiger partial charge in [0.15, 0.2) is 0 Å². The third-order valence-electron chi connectivity index (χ3n) is 3.83. The summed E-state index contributed by atoms with van der Waals surface area (Å²) in [5, 5.41) is 0.594. The molecule has 1 aliphatic heterocycles. The van der Waals surface area contributed by atoms with E-state index in [1.54, 1.807) is 12.1 Å². The summed E-state index contributed by atoms with van der Waals surface area (Å²) in [5.41, 5.74) is 6.54. The van der Waals surface area contributed by atoms with Gasteiger partial charge < -0.3 is 5.73 Å². The summed E-state index contributed by atoms with van der Waals surface area (Å²) in [6.07, 6.45) is 2.73. The van der Waals surface area contributed by atoms with Crippen molar-refractivity contribution in [1.82, 2.24) is 9.03 Å². The van der Waals surface area contributed by atoms with Crippen LogP contribution in [0, 0.1) is 0 Å². The second-order valence-electron chi connectivity index (χ2n) is 5.40. The van der Waals surface area contributed by atoms with Crippen molar-refractivity contribution in [3.8, 4) is 0 Å². The molecule has 1 fully saturated rings. The molecular weight excluding hydrogens is 310 g/mol. The second kappa shape index (κ2) is 7.07. The molecule has 5 nitrogen and oxygen atoms in total. The summed E-state index contributed by atoms with van der Waals surface area (Å²) < 4.78 is 29.3. The molecule has 1 heterocycles. The first-order valence-electron chi connectivity index (χ1n) is 7.18. The first kappa shape index (κ1) is 16.7. The van der Waals surface area contributed by atoms with E-state index >= 15 is 0 Å². The van der Waals surface area contributed by atoms with Crippen LogP contribution in [0.25, 0.3) is 0 Å². The lowest BCUT2D eigenvalue weighted by Gasteiger charge is -2.34. The lowest BCUT2D eigenvalue weighted by molar-refractivity contribution is 0.253. The Morgan fingerprint density at radius 2 is 2.24 bits per heavy atom. The van der Waals surface area contributed by atoms with Gasteiger partial charge in [-0.3, -0.25) is 0 Å². The second-order valence-corrected chi connectivity index (χ2v) is 7.49. The van der Waals surface area contributed by atoms with Crippen LogP contribution in [-0.2, 0) is 10.2 Å². The number of piperidine rings is 1. The van der Waals surface area contributed by atoms with Crippen molar-refractivity contribution in [2.24, 2.45) is 5.73 Å². The van der Waals surface area contributed by atoms with E-state index in [1.807, 2.05) is 19.1 Å². The van der Waals surface area contributed by atoms with Crippen molar-refractivity contribution in [2.45, 2.75) is 38.3 Å². The van der Waals surface area contributed by atoms with E-state index in [2.05, 4.69) is 4.72 Å². The Morgan fingerprint density at radius 3 is 2.90 bits per heavy atom. The van der Waals surface area contributed by atoms with Crippen molar-refractivity contribution in [1.29, 1.82) is 0 Å². The molecule has 2 unspecified atom stereocenters. The number of hydrogen-bond acceptors (Lipinski definition) is 3. The van der Waals surface area contributed by atoms with Gasteiger partial charge in [0.1, 0.15) is 0 Å². The zero-order valence-corrected chi connectivity index (χ0v) is 13.7. The molecule has 3 N–H and O–H groups in total. The van der Waals surface area contributed by atoms with Gasteiger partial charge in [0.05, 0.1) is 0 Å². The van der Waals surface area contributed by atoms with Crippen LogP contribution in [0.4, 0.5) is 0 Å². The van der Waals surface area contributed by atoms with Crippen molar-refractivity contribution < 1.29 is 8.42 Å². The highest BCUT2D eigenvalue weighted by molar-refractivity contribution is 7.87. The van der Waals surface area contributed by atoms with Gasteiger partial charge in [0, 0.05) is 30.2 Å². The molecule has 1 aromatic rings. The minimum absolute atomic E-state index is 0.109. The van der Waals surface area contributed by atoms with Crippen LogP contribution >= 0.6 is 11.6 Å². The molecule has 0 bridgehead atoms. The fraction of sp³-hybridized carbons (Fsp3) is 0.571. The first-order valence-corrected chi connectivity index (χ1v) is 9.00. The van der Waals surface area contributed by atoms with E-state index in [9.17, 15) is 8.42 Å². The van der Waals surface area contributed by atoms with Crippen LogP contribution in [0.2, 0.25) is 5.02 Å². The molecular formula is C14H22ClN3O2S. The molecule has 7 heteroatoms. The van der Waals surface area contributed by atoms with Crippen molar-refractivity contribution in [3.63, 3.8) is 0 Å². The Labute approximate surface area is 131 Å². The minimum atomic E-state index is -3.54. The van der Waals surface area contributed by atoms with E-state index in [0.29, 0.717) is 18.1 Å². The van der Waals surface area contributed by atoms with Gasteiger partial charge >= 0.3 is 0 Å². The third-order valence-corrected chi connectivity index (χ3v) is 5.81. The number of benzene rings is 1. The molecule has 0 radical (unpaired) electrons. The Kier molecular flexibility index (Phi) is 5.62. The van der Waals surface area contributed by atoms with Gasteiger partial charge in [-0.05, 0) is 37.5 Å². The highest BCUT2D eigenvalue weighted by atomic mass is 35.5. The van der Waals surface area contributed by atoms with Gasteiger partial charge in [0.25, 0.3) is 10.2 Å². The molecule has 1 saturated heterocycles. The van der Waals surface area contributed by atoms with E-state index in [1.165, 1.54) is 4.31 Å². The standard InChI is InChI=1S/C14H22ClN3O2S/c1-11(12-5-4-6-13(15)9-12)17-21(19,20)18-8-3-2-7-14(18)10-16/h4-6,9,11,14,17H,2-3,7-8,10,16H2,1H3. The average Bonchev–Trinajstić information content (AvgIpc) is 2.46. The van der Waals surface area contributed by atoms with E-state index in [4.69, 9.17) is 17.3 Å². The lowest BCUT2D eigenvalue weighted by atomic mass is 10.1. The Bertz CT molecular complexity index is 579. The van der Waals surface area contributed by atoms with Gasteiger partial charge in [-0.2, -0.15) is 17.4 Å². The zero-order chi connectivity index (χ0) is 15.5. The molecule has 1 aliphatic rings. The summed E-state index contributed by atoms with van der Waals surface area (Å²) in [6, 6.07) is 6.76. The maximum absolute atomic E-state index is 12.5. The van der Waals surface area contributed by atoms with Gasteiger partial charge in [-0.15, -0.1) is 0 Å². The monoisotopic (exact) mass is 331 g/mol. The molecule has 0 spiro atoms. The maximum Gasteiger partial charge on any atom is 0.280 e. The number of hydrogen-bond donors (Lipinski definition) is 2. The molecule has 2 atom stereocenters. The fourth-order valence-electron chi connectivity index (χ4n) is 2.66. The lowest BCUT2D eigenvalue weighted by Crippen LogP contribution is -2.52. The predicted molar refractivity (Wildman–Crippen MR) is 85.3 cm³/mol. The van der Waals surface area contributed by atoms with Crippen molar-refractivity contribution in [3.05, 3.63) is 34.9 Å². The summed E-state index contributed by atoms with van der Waals surface area (Å²) in [4.78, 5) is 0. The molecule has 0 aromatic heterocycles. The first-order chi connectivity index (χ1) is 9.94. The average molecular weight is 332 g/mol. The minimum Gasteiger partial charge on any atom is -0.329 e. The van der Waals surface area contributed by atoms with Crippen LogP contribution < -0.4 is 10.5 Å². The van der Waals surface area contributed by atoms with Crippen LogP contribution in [-0.4, -0.2) is 31.9 Å². The Morgan fingerprint density at radius 1 is 1.48 bits per heavy atom.